The van der Waals surface area contributed by atoms with Crippen molar-refractivity contribution >= 4 is 49.7 Å². The van der Waals surface area contributed by atoms with Crippen LogP contribution in [0.5, 0.6) is 0 Å². The number of rotatable bonds is 3. The minimum Gasteiger partial charge on any atom is -0.274 e. The lowest BCUT2D eigenvalue weighted by Crippen LogP contribution is -2.44. The summed E-state index contributed by atoms with van der Waals surface area (Å²) in [6.07, 6.45) is 1.15. The second-order valence-corrected chi connectivity index (χ2v) is 8.50. The molecule has 0 radical (unpaired) electrons. The number of benzene rings is 2. The lowest BCUT2D eigenvalue weighted by Gasteiger charge is -2.21. The van der Waals surface area contributed by atoms with Crippen LogP contribution in [0.15, 0.2) is 48.0 Å². The van der Waals surface area contributed by atoms with Crippen LogP contribution in [0.3, 0.4) is 0 Å². The molecule has 2 aromatic carbocycles. The number of para-hydroxylation sites is 1. The van der Waals surface area contributed by atoms with Crippen molar-refractivity contribution in [2.45, 2.75) is 26.2 Å². The maximum Gasteiger partial charge on any atom is 0.267 e. The van der Waals surface area contributed by atoms with Crippen LogP contribution in [0.25, 0.3) is 4.48 Å². The minimum absolute atomic E-state index is 0.0111. The number of nitrogens with zero attached hydrogens (tertiary/aromatic N) is 1. The molecule has 1 aliphatic heterocycles. The van der Waals surface area contributed by atoms with E-state index in [9.17, 15) is 23.6 Å². The quantitative estimate of drug-likeness (QED) is 0.499. The third-order valence-electron chi connectivity index (χ3n) is 5.37. The van der Waals surface area contributed by atoms with E-state index in [-0.39, 0.29) is 28.6 Å². The summed E-state index contributed by atoms with van der Waals surface area (Å²) in [5.74, 6) is -2.97. The molecule has 1 heterocycles. The molecule has 9 heteroatoms. The fraction of sp³-hybridized carbons (Fsp3) is 0.217. The van der Waals surface area contributed by atoms with Crippen molar-refractivity contribution in [3.05, 3.63) is 70.5 Å². The van der Waals surface area contributed by atoms with Gasteiger partial charge in [0.05, 0.1) is 12.1 Å². The van der Waals surface area contributed by atoms with E-state index in [4.69, 9.17) is 0 Å². The van der Waals surface area contributed by atoms with E-state index in [1.165, 1.54) is 12.1 Å². The Balaban J connectivity index is 1.67. The lowest BCUT2D eigenvalue weighted by atomic mass is 10.1. The molecule has 0 bridgehead atoms. The Morgan fingerprint density at radius 1 is 1.09 bits per heavy atom. The summed E-state index contributed by atoms with van der Waals surface area (Å²) in [6.45, 7) is 1.57. The van der Waals surface area contributed by atoms with Gasteiger partial charge in [-0.1, -0.05) is 24.3 Å². The largest absolute Gasteiger partial charge is 0.274 e. The molecule has 7 nitrogen and oxygen atoms in total. The van der Waals surface area contributed by atoms with Crippen molar-refractivity contribution in [1.82, 2.24) is 10.9 Å². The predicted octanol–water partition coefficient (Wildman–Crippen LogP) is 3.37. The van der Waals surface area contributed by atoms with Crippen LogP contribution in [0.4, 0.5) is 10.1 Å². The maximum absolute atomic E-state index is 14.1. The molecule has 0 aromatic heterocycles. The summed E-state index contributed by atoms with van der Waals surface area (Å²) in [5, 5.41) is 0. The lowest BCUT2D eigenvalue weighted by molar-refractivity contribution is -0.128. The molecular formula is C23H19BrFN3O4. The molecule has 4 amide bonds. The van der Waals surface area contributed by atoms with Gasteiger partial charge in [-0.2, -0.15) is 0 Å². The average molecular weight is 500 g/mol. The number of fused-ring (bicyclic) bond motifs is 1. The molecule has 1 saturated carbocycles. The molecular weight excluding hydrogens is 481 g/mol. The van der Waals surface area contributed by atoms with Crippen molar-refractivity contribution in [3.8, 4) is 0 Å². The minimum atomic E-state index is -0.703. The number of carbonyl (C=O) groups excluding carboxylic acids is 4. The van der Waals surface area contributed by atoms with Crippen LogP contribution in [0, 0.1) is 18.7 Å². The van der Waals surface area contributed by atoms with Crippen LogP contribution in [-0.4, -0.2) is 23.6 Å². The van der Waals surface area contributed by atoms with Gasteiger partial charge >= 0.3 is 0 Å². The van der Waals surface area contributed by atoms with Gasteiger partial charge in [0.15, 0.2) is 0 Å². The van der Waals surface area contributed by atoms with Gasteiger partial charge < -0.3 is 0 Å². The Kier molecular flexibility index (Phi) is 5.92. The highest BCUT2D eigenvalue weighted by molar-refractivity contribution is 9.15. The number of hydrazine groups is 1. The fourth-order valence-corrected chi connectivity index (χ4v) is 4.01. The van der Waals surface area contributed by atoms with Gasteiger partial charge in [-0.15, -0.1) is 0 Å². The molecule has 164 valence electrons. The number of hydrogen-bond acceptors (Lipinski definition) is 4. The average Bonchev–Trinajstić information content (AvgIpc) is 3.63. The van der Waals surface area contributed by atoms with E-state index >= 15 is 0 Å². The SMILES string of the molecule is Cc1ccc(C(=O)N2C(=O)CC(C(=O)NNC(=O)C3CC3)=C(Br)c3ccccc32)cc1F. The molecule has 32 heavy (non-hydrogen) atoms. The second kappa shape index (κ2) is 8.66. The summed E-state index contributed by atoms with van der Waals surface area (Å²) < 4.78 is 14.4. The first-order chi connectivity index (χ1) is 15.3. The predicted molar refractivity (Wildman–Crippen MR) is 119 cm³/mol. The van der Waals surface area contributed by atoms with Gasteiger partial charge in [0.2, 0.25) is 11.8 Å². The van der Waals surface area contributed by atoms with Crippen LogP contribution in [-0.2, 0) is 14.4 Å². The molecule has 2 aliphatic rings. The van der Waals surface area contributed by atoms with Crippen LogP contribution < -0.4 is 15.8 Å². The molecule has 0 unspecified atom stereocenters. The molecule has 1 aliphatic carbocycles. The smallest absolute Gasteiger partial charge is 0.267 e. The first-order valence-corrected chi connectivity index (χ1v) is 10.8. The monoisotopic (exact) mass is 499 g/mol. The van der Waals surface area contributed by atoms with Crippen LogP contribution in [0.2, 0.25) is 0 Å². The zero-order valence-electron chi connectivity index (χ0n) is 17.1. The summed E-state index contributed by atoms with van der Waals surface area (Å²) in [7, 11) is 0. The Morgan fingerprint density at radius 2 is 1.81 bits per heavy atom. The number of amides is 4. The molecule has 0 spiro atoms. The van der Waals surface area contributed by atoms with Gasteiger partial charge in [0, 0.05) is 27.1 Å². The number of halogens is 2. The first kappa shape index (κ1) is 21.9. The number of anilines is 1. The normalized spacial score (nSPS) is 15.7. The Hall–Kier alpha value is -3.33. The number of hydrogen-bond donors (Lipinski definition) is 2. The van der Waals surface area contributed by atoms with E-state index in [1.54, 1.807) is 31.2 Å². The van der Waals surface area contributed by atoms with Gasteiger partial charge in [-0.05, 0) is 59.5 Å². The van der Waals surface area contributed by atoms with Gasteiger partial charge in [0.25, 0.3) is 11.8 Å². The van der Waals surface area contributed by atoms with Crippen LogP contribution in [0.1, 0.15) is 40.7 Å². The van der Waals surface area contributed by atoms with E-state index < -0.39 is 30.0 Å². The Labute approximate surface area is 191 Å². The van der Waals surface area contributed by atoms with Crippen LogP contribution >= 0.6 is 15.9 Å². The number of carbonyl (C=O) groups is 4. The standard InChI is InChI=1S/C23H19BrFN3O4/c1-12-6-7-14(10-17(12)25)23(32)28-18-5-3-2-4-15(18)20(24)16(11-19(28)29)22(31)27-26-21(30)13-8-9-13/h2-7,10,13H,8-9,11H2,1H3,(H,26,30)(H,27,31). The van der Waals surface area contributed by atoms with E-state index in [0.29, 0.717) is 15.6 Å². The topological polar surface area (TPSA) is 95.6 Å². The summed E-state index contributed by atoms with van der Waals surface area (Å²) in [4.78, 5) is 51.9. The number of nitrogens with one attached hydrogen (secondary N) is 2. The molecule has 2 aromatic rings. The summed E-state index contributed by atoms with van der Waals surface area (Å²) in [6, 6.07) is 10.6. The summed E-state index contributed by atoms with van der Waals surface area (Å²) in [5.41, 5.74) is 5.86. The second-order valence-electron chi connectivity index (χ2n) is 7.70. The fourth-order valence-electron chi connectivity index (χ4n) is 3.36. The van der Waals surface area contributed by atoms with Crippen molar-refractivity contribution in [2.24, 2.45) is 5.92 Å². The number of imide groups is 1. The summed E-state index contributed by atoms with van der Waals surface area (Å²) >= 11 is 3.39. The van der Waals surface area contributed by atoms with Gasteiger partial charge in [-0.25, -0.2) is 9.29 Å². The highest BCUT2D eigenvalue weighted by Gasteiger charge is 2.35. The van der Waals surface area contributed by atoms with E-state index in [1.807, 2.05) is 0 Å². The molecule has 0 atom stereocenters. The Morgan fingerprint density at radius 3 is 2.50 bits per heavy atom. The molecule has 0 saturated heterocycles. The molecule has 4 rings (SSSR count). The third-order valence-corrected chi connectivity index (χ3v) is 6.27. The van der Waals surface area contributed by atoms with Crippen molar-refractivity contribution in [1.29, 1.82) is 0 Å². The van der Waals surface area contributed by atoms with E-state index in [2.05, 4.69) is 26.8 Å². The van der Waals surface area contributed by atoms with Crippen molar-refractivity contribution in [2.75, 3.05) is 4.90 Å². The number of aryl methyl sites for hydroxylation is 1. The highest BCUT2D eigenvalue weighted by Crippen LogP contribution is 2.38. The van der Waals surface area contributed by atoms with Crippen molar-refractivity contribution in [3.63, 3.8) is 0 Å². The van der Waals surface area contributed by atoms with Gasteiger partial charge in [-0.3, -0.25) is 30.0 Å². The van der Waals surface area contributed by atoms with E-state index in [0.717, 1.165) is 23.8 Å². The zero-order chi connectivity index (χ0) is 23.0. The molecule has 1 fully saturated rings. The maximum atomic E-state index is 14.1. The highest BCUT2D eigenvalue weighted by atomic mass is 79.9. The van der Waals surface area contributed by atoms with Gasteiger partial charge in [0.1, 0.15) is 5.82 Å². The van der Waals surface area contributed by atoms with Crippen molar-refractivity contribution < 1.29 is 23.6 Å². The zero-order valence-corrected chi connectivity index (χ0v) is 18.7. The Bertz CT molecular complexity index is 1190. The first-order valence-electron chi connectivity index (χ1n) is 9.99. The molecule has 2 N–H and O–H groups in total. The third kappa shape index (κ3) is 4.20.